The average molecular weight is 487 g/mol. The molecule has 5 nitrogen and oxygen atoms in total. The van der Waals surface area contributed by atoms with Crippen LogP contribution in [0.15, 0.2) is 53.5 Å². The number of rotatable bonds is 8. The number of ether oxygens (including phenoxy) is 1. The van der Waals surface area contributed by atoms with Gasteiger partial charge < -0.3 is 20.5 Å². The van der Waals surface area contributed by atoms with Crippen LogP contribution in [0, 0.1) is 5.82 Å². The van der Waals surface area contributed by atoms with Gasteiger partial charge in [-0.25, -0.2) is 9.38 Å². The molecule has 0 saturated heterocycles. The van der Waals surface area contributed by atoms with Crippen LogP contribution in [0.1, 0.15) is 25.0 Å². The van der Waals surface area contributed by atoms with Crippen LogP contribution < -0.4 is 15.4 Å². The molecule has 0 saturated carbocycles. The molecule has 2 rings (SSSR count). The van der Waals surface area contributed by atoms with E-state index in [9.17, 15) is 9.50 Å². The molecule has 0 fully saturated rings. The van der Waals surface area contributed by atoms with Crippen molar-refractivity contribution < 1.29 is 14.2 Å². The van der Waals surface area contributed by atoms with Crippen LogP contribution in [0.25, 0.3) is 0 Å². The highest BCUT2D eigenvalue weighted by Gasteiger charge is 2.07. The summed E-state index contributed by atoms with van der Waals surface area (Å²) in [5, 5.41) is 15.8. The lowest BCUT2D eigenvalue weighted by molar-refractivity contribution is 0.223. The number of benzene rings is 2. The third-order valence-electron chi connectivity index (χ3n) is 3.73. The van der Waals surface area contributed by atoms with Gasteiger partial charge in [-0.3, -0.25) is 0 Å². The van der Waals surface area contributed by atoms with Crippen molar-refractivity contribution in [1.29, 1.82) is 0 Å². The smallest absolute Gasteiger partial charge is 0.191 e. The first-order valence-electron chi connectivity index (χ1n) is 8.74. The molecular weight excluding hydrogens is 460 g/mol. The molecule has 0 aliphatic rings. The van der Waals surface area contributed by atoms with Crippen LogP contribution >= 0.6 is 24.0 Å². The van der Waals surface area contributed by atoms with E-state index in [1.54, 1.807) is 12.1 Å². The van der Waals surface area contributed by atoms with Gasteiger partial charge in [0.25, 0.3) is 0 Å². The molecule has 2 aromatic carbocycles. The van der Waals surface area contributed by atoms with Gasteiger partial charge in [0.1, 0.15) is 17.7 Å². The predicted octanol–water partition coefficient (Wildman–Crippen LogP) is 3.46. The summed E-state index contributed by atoms with van der Waals surface area (Å²) in [4.78, 5) is 4.55. The molecule has 0 aromatic heterocycles. The minimum absolute atomic E-state index is 0. The maximum Gasteiger partial charge on any atom is 0.191 e. The van der Waals surface area contributed by atoms with E-state index in [4.69, 9.17) is 4.74 Å². The van der Waals surface area contributed by atoms with Crippen LogP contribution in [-0.2, 0) is 13.2 Å². The maximum atomic E-state index is 13.2. The van der Waals surface area contributed by atoms with Gasteiger partial charge in [-0.2, -0.15) is 0 Å². The number of nitrogens with one attached hydrogen (secondary N) is 2. The first-order chi connectivity index (χ1) is 12.6. The Bertz CT molecular complexity index is 728. The molecule has 148 valence electrons. The lowest BCUT2D eigenvalue weighted by atomic mass is 10.1. The van der Waals surface area contributed by atoms with Crippen molar-refractivity contribution in [2.45, 2.75) is 33.1 Å². The summed E-state index contributed by atoms with van der Waals surface area (Å²) in [5.74, 6) is 0.841. The normalized spacial score (nSPS) is 12.1. The molecule has 3 N–H and O–H groups in total. The molecule has 0 aliphatic carbocycles. The van der Waals surface area contributed by atoms with E-state index >= 15 is 0 Å². The number of aliphatic hydroxyl groups is 1. The Morgan fingerprint density at radius 1 is 1.15 bits per heavy atom. The highest BCUT2D eigenvalue weighted by molar-refractivity contribution is 14.0. The summed E-state index contributed by atoms with van der Waals surface area (Å²) >= 11 is 0. The standard InChI is InChI=1S/C20H26FN3O2.HI/c1-3-22-20(24-13-16-7-4-5-8-17(16)14-25)23-12-15(2)26-19-10-6-9-18(21)11-19;/h4-11,15,25H,3,12-14H2,1-2H3,(H2,22,23,24);1H. The van der Waals surface area contributed by atoms with Crippen molar-refractivity contribution in [2.24, 2.45) is 4.99 Å². The largest absolute Gasteiger partial charge is 0.489 e. The molecule has 0 bridgehead atoms. The van der Waals surface area contributed by atoms with Gasteiger partial charge in [-0.05, 0) is 37.1 Å². The number of hydrogen-bond donors (Lipinski definition) is 3. The Morgan fingerprint density at radius 2 is 1.89 bits per heavy atom. The Kier molecular flexibility index (Phi) is 10.7. The second kappa shape index (κ2) is 12.5. The summed E-state index contributed by atoms with van der Waals surface area (Å²) in [5.41, 5.74) is 1.85. The van der Waals surface area contributed by atoms with E-state index in [1.165, 1.54) is 12.1 Å². The average Bonchev–Trinajstić information content (AvgIpc) is 2.64. The number of halogens is 2. The number of guanidine groups is 1. The molecular formula is C20H27FIN3O2. The number of nitrogens with zero attached hydrogens (tertiary/aromatic N) is 1. The van der Waals surface area contributed by atoms with Gasteiger partial charge >= 0.3 is 0 Å². The van der Waals surface area contributed by atoms with Crippen molar-refractivity contribution in [3.8, 4) is 5.75 Å². The van der Waals surface area contributed by atoms with E-state index in [0.717, 1.165) is 17.7 Å². The third-order valence-corrected chi connectivity index (χ3v) is 3.73. The Morgan fingerprint density at radius 3 is 2.56 bits per heavy atom. The number of aliphatic hydroxyl groups excluding tert-OH is 1. The quantitative estimate of drug-likeness (QED) is 0.303. The second-order valence-electron chi connectivity index (χ2n) is 5.89. The summed E-state index contributed by atoms with van der Waals surface area (Å²) in [6.45, 7) is 5.60. The molecule has 0 aliphatic heterocycles. The van der Waals surface area contributed by atoms with Gasteiger partial charge in [-0.15, -0.1) is 24.0 Å². The molecule has 0 radical (unpaired) electrons. The fraction of sp³-hybridized carbons (Fsp3) is 0.350. The van der Waals surface area contributed by atoms with Gasteiger partial charge in [0.2, 0.25) is 0 Å². The van der Waals surface area contributed by atoms with E-state index in [0.29, 0.717) is 24.8 Å². The van der Waals surface area contributed by atoms with Crippen LogP contribution in [0.5, 0.6) is 5.75 Å². The summed E-state index contributed by atoms with van der Waals surface area (Å²) in [6.07, 6.45) is -0.162. The van der Waals surface area contributed by atoms with Gasteiger partial charge in [0, 0.05) is 12.6 Å². The van der Waals surface area contributed by atoms with E-state index < -0.39 is 0 Å². The molecule has 1 atom stereocenters. The van der Waals surface area contributed by atoms with Crippen molar-refractivity contribution in [1.82, 2.24) is 10.6 Å². The SMILES string of the molecule is CCNC(=NCc1ccccc1CO)NCC(C)Oc1cccc(F)c1.I. The number of hydrogen-bond acceptors (Lipinski definition) is 3. The maximum absolute atomic E-state index is 13.2. The molecule has 0 heterocycles. The molecule has 0 spiro atoms. The highest BCUT2D eigenvalue weighted by atomic mass is 127. The first-order valence-corrected chi connectivity index (χ1v) is 8.74. The van der Waals surface area contributed by atoms with Crippen molar-refractivity contribution >= 4 is 29.9 Å². The van der Waals surface area contributed by atoms with Crippen molar-refractivity contribution in [3.05, 3.63) is 65.5 Å². The fourth-order valence-electron chi connectivity index (χ4n) is 2.43. The fourth-order valence-corrected chi connectivity index (χ4v) is 2.43. The Balaban J connectivity index is 0.00000364. The number of aliphatic imine (C=N–C) groups is 1. The molecule has 1 unspecified atom stereocenters. The Labute approximate surface area is 177 Å². The van der Waals surface area contributed by atoms with Gasteiger partial charge in [-0.1, -0.05) is 30.3 Å². The summed E-state index contributed by atoms with van der Waals surface area (Å²) in [6, 6.07) is 13.8. The molecule has 0 amide bonds. The summed E-state index contributed by atoms with van der Waals surface area (Å²) in [7, 11) is 0. The van der Waals surface area contributed by atoms with E-state index in [1.807, 2.05) is 38.1 Å². The summed E-state index contributed by atoms with van der Waals surface area (Å²) < 4.78 is 18.9. The van der Waals surface area contributed by atoms with Crippen LogP contribution in [-0.4, -0.2) is 30.3 Å². The van der Waals surface area contributed by atoms with E-state index in [2.05, 4.69) is 15.6 Å². The van der Waals surface area contributed by atoms with Crippen molar-refractivity contribution in [2.75, 3.05) is 13.1 Å². The molecule has 27 heavy (non-hydrogen) atoms. The van der Waals surface area contributed by atoms with Gasteiger partial charge in [0.15, 0.2) is 5.96 Å². The highest BCUT2D eigenvalue weighted by Crippen LogP contribution is 2.13. The first kappa shape index (κ1) is 23.2. The lowest BCUT2D eigenvalue weighted by Crippen LogP contribution is -2.41. The molecule has 2 aromatic rings. The minimum atomic E-state index is -0.319. The zero-order chi connectivity index (χ0) is 18.8. The second-order valence-corrected chi connectivity index (χ2v) is 5.89. The molecule has 7 heteroatoms. The van der Waals surface area contributed by atoms with Crippen LogP contribution in [0.4, 0.5) is 4.39 Å². The van der Waals surface area contributed by atoms with Crippen LogP contribution in [0.2, 0.25) is 0 Å². The third kappa shape index (κ3) is 8.13. The zero-order valence-electron chi connectivity index (χ0n) is 15.6. The Hall–Kier alpha value is -1.87. The topological polar surface area (TPSA) is 65.9 Å². The minimum Gasteiger partial charge on any atom is -0.489 e. The van der Waals surface area contributed by atoms with Crippen molar-refractivity contribution in [3.63, 3.8) is 0 Å². The lowest BCUT2D eigenvalue weighted by Gasteiger charge is -2.18. The van der Waals surface area contributed by atoms with Gasteiger partial charge in [0.05, 0.1) is 19.7 Å². The van der Waals surface area contributed by atoms with E-state index in [-0.39, 0.29) is 42.5 Å². The predicted molar refractivity (Wildman–Crippen MR) is 117 cm³/mol. The monoisotopic (exact) mass is 487 g/mol. The van der Waals surface area contributed by atoms with Crippen LogP contribution in [0.3, 0.4) is 0 Å². The zero-order valence-corrected chi connectivity index (χ0v) is 17.9.